The molecule has 3 fully saturated rings. The summed E-state index contributed by atoms with van der Waals surface area (Å²) in [6.07, 6.45) is 9.12. The molecule has 0 spiro atoms. The van der Waals surface area contributed by atoms with E-state index in [9.17, 15) is 19.8 Å². The topological polar surface area (TPSA) is 74.6 Å². The summed E-state index contributed by atoms with van der Waals surface area (Å²) in [6.45, 7) is 4.47. The number of allylic oxidation sites excluding steroid dienone is 2. The van der Waals surface area contributed by atoms with Crippen molar-refractivity contribution >= 4 is 11.6 Å². The number of aliphatic hydroxyl groups excluding tert-OH is 1. The zero-order valence-corrected chi connectivity index (χ0v) is 15.3. The number of hydrogen-bond acceptors (Lipinski definition) is 4. The van der Waals surface area contributed by atoms with Crippen LogP contribution in [-0.2, 0) is 9.59 Å². The van der Waals surface area contributed by atoms with Crippen LogP contribution in [0.15, 0.2) is 11.6 Å². The monoisotopic (exact) mass is 346 g/mol. The lowest BCUT2D eigenvalue weighted by Crippen LogP contribution is -2.51. The highest BCUT2D eigenvalue weighted by molar-refractivity contribution is 6.12. The summed E-state index contributed by atoms with van der Waals surface area (Å²) in [5, 5.41) is 18.7. The maximum absolute atomic E-state index is 12.6. The number of hydrogen-bond donors (Lipinski definition) is 2. The Labute approximate surface area is 149 Å². The molecular weight excluding hydrogens is 316 g/mol. The minimum atomic E-state index is -2.05. The molecule has 0 amide bonds. The molecule has 2 N–H and O–H groups in total. The highest BCUT2D eigenvalue weighted by atomic mass is 16.5. The molecule has 4 rings (SSSR count). The smallest absolute Gasteiger partial charge is 0.213 e. The molecule has 3 saturated carbocycles. The third-order valence-corrected chi connectivity index (χ3v) is 8.40. The van der Waals surface area contributed by atoms with E-state index in [4.69, 9.17) is 0 Å². The lowest BCUT2D eigenvalue weighted by atomic mass is 9.46. The van der Waals surface area contributed by atoms with Gasteiger partial charge in [-0.05, 0) is 67.8 Å². The fourth-order valence-electron chi connectivity index (χ4n) is 7.10. The van der Waals surface area contributed by atoms with E-state index in [-0.39, 0.29) is 5.78 Å². The first-order valence-electron chi connectivity index (χ1n) is 9.95. The van der Waals surface area contributed by atoms with Crippen LogP contribution in [0.3, 0.4) is 0 Å². The van der Waals surface area contributed by atoms with Crippen LogP contribution in [0, 0.1) is 34.5 Å². The van der Waals surface area contributed by atoms with Gasteiger partial charge in [-0.3, -0.25) is 9.59 Å². The van der Waals surface area contributed by atoms with E-state index in [1.54, 1.807) is 6.08 Å². The highest BCUT2D eigenvalue weighted by Gasteiger charge is 2.60. The second kappa shape index (κ2) is 5.75. The van der Waals surface area contributed by atoms with Crippen LogP contribution >= 0.6 is 0 Å². The van der Waals surface area contributed by atoms with Crippen LogP contribution in [0.25, 0.3) is 0 Å². The minimum Gasteiger partial charge on any atom is -0.362 e. The molecule has 0 saturated heterocycles. The van der Waals surface area contributed by atoms with Gasteiger partial charge in [0.1, 0.15) is 0 Å². The van der Waals surface area contributed by atoms with E-state index in [0.717, 1.165) is 30.8 Å². The predicted molar refractivity (Wildman–Crippen MR) is 93.4 cm³/mol. The molecule has 0 aromatic carbocycles. The Morgan fingerprint density at radius 3 is 2.60 bits per heavy atom. The molecule has 0 aliphatic heterocycles. The van der Waals surface area contributed by atoms with Gasteiger partial charge < -0.3 is 10.2 Å². The Kier molecular flexibility index (Phi) is 4.01. The Bertz CT molecular complexity index is 636. The zero-order valence-electron chi connectivity index (χ0n) is 15.3. The molecule has 0 heterocycles. The summed E-state index contributed by atoms with van der Waals surface area (Å²) >= 11 is 0. The van der Waals surface area contributed by atoms with E-state index < -0.39 is 23.4 Å². The summed E-state index contributed by atoms with van der Waals surface area (Å²) in [6, 6.07) is 0. The maximum Gasteiger partial charge on any atom is 0.213 e. The number of carbonyl (C=O) groups excluding carboxylic acids is 2. The van der Waals surface area contributed by atoms with Crippen molar-refractivity contribution in [2.45, 2.75) is 71.5 Å². The van der Waals surface area contributed by atoms with Crippen molar-refractivity contribution in [2.75, 3.05) is 0 Å². The van der Waals surface area contributed by atoms with E-state index in [1.165, 1.54) is 32.1 Å². The summed E-state index contributed by atoms with van der Waals surface area (Å²) < 4.78 is 0. The van der Waals surface area contributed by atoms with Crippen molar-refractivity contribution in [3.05, 3.63) is 11.6 Å². The van der Waals surface area contributed by atoms with E-state index in [1.807, 2.05) is 6.92 Å². The van der Waals surface area contributed by atoms with Gasteiger partial charge in [-0.25, -0.2) is 0 Å². The zero-order chi connectivity index (χ0) is 18.0. The Morgan fingerprint density at radius 2 is 1.88 bits per heavy atom. The van der Waals surface area contributed by atoms with Crippen LogP contribution in [0.2, 0.25) is 0 Å². The van der Waals surface area contributed by atoms with Gasteiger partial charge in [-0.2, -0.15) is 0 Å². The minimum absolute atomic E-state index is 0.216. The first kappa shape index (κ1) is 17.4. The molecule has 4 aliphatic rings. The van der Waals surface area contributed by atoms with Gasteiger partial charge in [0.05, 0.1) is 5.92 Å². The molecule has 6 atom stereocenters. The number of rotatable bonds is 2. The van der Waals surface area contributed by atoms with Crippen molar-refractivity contribution in [2.24, 2.45) is 34.5 Å². The first-order valence-corrected chi connectivity index (χ1v) is 9.95. The SMILES string of the molecule is C[C@]12CC[C@H]3[C@@H](CCC4CCCC[C@@]43C)C1=CC(=O)[C@@H]2C(=O)C(O)O. The van der Waals surface area contributed by atoms with Gasteiger partial charge in [-0.15, -0.1) is 0 Å². The fraction of sp³-hybridized carbons (Fsp3) is 0.810. The van der Waals surface area contributed by atoms with E-state index in [0.29, 0.717) is 17.3 Å². The van der Waals surface area contributed by atoms with Crippen LogP contribution in [0.1, 0.15) is 65.2 Å². The average Bonchev–Trinajstić information content (AvgIpc) is 2.83. The second-order valence-electron chi connectivity index (χ2n) is 9.41. The number of ketones is 2. The van der Waals surface area contributed by atoms with Gasteiger partial charge in [0, 0.05) is 5.41 Å². The van der Waals surface area contributed by atoms with Crippen molar-refractivity contribution in [3.63, 3.8) is 0 Å². The van der Waals surface area contributed by atoms with Crippen LogP contribution in [0.4, 0.5) is 0 Å². The summed E-state index contributed by atoms with van der Waals surface area (Å²) in [7, 11) is 0. The standard InChI is InChI=1S/C21H30O4/c1-20-9-4-3-5-12(20)6-7-13-14(20)8-10-21(2)15(13)11-16(22)17(21)18(23)19(24)25/h11-14,17,19,24-25H,3-10H2,1-2H3/t12?,13-,14+,17-,20+,21+/m1/s1. The van der Waals surface area contributed by atoms with Gasteiger partial charge in [-0.1, -0.05) is 32.3 Å². The Balaban J connectivity index is 1.68. The molecule has 0 bridgehead atoms. The van der Waals surface area contributed by atoms with Gasteiger partial charge in [0.15, 0.2) is 11.6 Å². The molecule has 1 unspecified atom stereocenters. The summed E-state index contributed by atoms with van der Waals surface area (Å²) in [5.74, 6) is -0.0502. The third-order valence-electron chi connectivity index (χ3n) is 8.40. The highest BCUT2D eigenvalue weighted by Crippen LogP contribution is 2.65. The molecule has 0 aromatic heterocycles. The van der Waals surface area contributed by atoms with Crippen LogP contribution in [0.5, 0.6) is 0 Å². The van der Waals surface area contributed by atoms with Crippen molar-refractivity contribution in [1.29, 1.82) is 0 Å². The average molecular weight is 346 g/mol. The molecular formula is C21H30O4. The third kappa shape index (κ3) is 2.33. The van der Waals surface area contributed by atoms with Gasteiger partial charge in [0.2, 0.25) is 6.29 Å². The number of aliphatic hydroxyl groups is 2. The Hall–Kier alpha value is -1.00. The maximum atomic E-state index is 12.6. The van der Waals surface area contributed by atoms with Gasteiger partial charge in [0.25, 0.3) is 0 Å². The van der Waals surface area contributed by atoms with E-state index in [2.05, 4.69) is 6.92 Å². The van der Waals surface area contributed by atoms with Crippen LogP contribution < -0.4 is 0 Å². The molecule has 0 aromatic rings. The van der Waals surface area contributed by atoms with Crippen molar-refractivity contribution in [3.8, 4) is 0 Å². The molecule has 4 heteroatoms. The Morgan fingerprint density at radius 1 is 1.12 bits per heavy atom. The second-order valence-corrected chi connectivity index (χ2v) is 9.41. The normalized spacial score (nSPS) is 46.3. The first-order chi connectivity index (χ1) is 11.8. The fourth-order valence-corrected chi connectivity index (χ4v) is 7.10. The largest absolute Gasteiger partial charge is 0.362 e. The van der Waals surface area contributed by atoms with Crippen molar-refractivity contribution in [1.82, 2.24) is 0 Å². The number of Topliss-reactive ketones (excluding diaryl/α,β-unsaturated/α-hetero) is 1. The lowest BCUT2D eigenvalue weighted by molar-refractivity contribution is -0.156. The molecule has 138 valence electrons. The lowest BCUT2D eigenvalue weighted by Gasteiger charge is -2.58. The summed E-state index contributed by atoms with van der Waals surface area (Å²) in [4.78, 5) is 24.9. The quantitative estimate of drug-likeness (QED) is 0.595. The molecule has 4 aliphatic carbocycles. The summed E-state index contributed by atoms with van der Waals surface area (Å²) in [5.41, 5.74) is 0.986. The van der Waals surface area contributed by atoms with E-state index >= 15 is 0 Å². The van der Waals surface area contributed by atoms with Gasteiger partial charge >= 0.3 is 0 Å². The van der Waals surface area contributed by atoms with Crippen LogP contribution in [-0.4, -0.2) is 28.1 Å². The number of fused-ring (bicyclic) bond motifs is 5. The predicted octanol–water partition coefficient (Wildman–Crippen LogP) is 3.01. The number of carbonyl (C=O) groups is 2. The molecule has 0 radical (unpaired) electrons. The molecule has 4 nitrogen and oxygen atoms in total. The molecule has 25 heavy (non-hydrogen) atoms. The van der Waals surface area contributed by atoms with Crippen molar-refractivity contribution < 1.29 is 19.8 Å².